The van der Waals surface area contributed by atoms with Gasteiger partial charge in [-0.05, 0) is 26.8 Å². The summed E-state index contributed by atoms with van der Waals surface area (Å²) in [7, 11) is 1.44. The molecule has 2 rings (SSSR count). The Labute approximate surface area is 151 Å². The minimum absolute atomic E-state index is 0.00387. The highest BCUT2D eigenvalue weighted by molar-refractivity contribution is 6.00. The maximum atomic E-state index is 14.5. The molecule has 0 spiro atoms. The van der Waals surface area contributed by atoms with E-state index in [1.165, 1.54) is 13.2 Å². The Balaban J connectivity index is 2.70. The monoisotopic (exact) mass is 362 g/mol. The minimum atomic E-state index is -0.956. The number of hydrogen-bond donors (Lipinski definition) is 0. The summed E-state index contributed by atoms with van der Waals surface area (Å²) in [6.07, 6.45) is -0.407. The number of carbonyl (C=O) groups excluding carboxylic acids is 1. The van der Waals surface area contributed by atoms with E-state index in [1.54, 1.807) is 20.8 Å². The van der Waals surface area contributed by atoms with Crippen molar-refractivity contribution in [3.63, 3.8) is 0 Å². The van der Waals surface area contributed by atoms with Crippen LogP contribution in [0.4, 0.5) is 8.78 Å². The van der Waals surface area contributed by atoms with E-state index >= 15 is 0 Å². The van der Waals surface area contributed by atoms with Crippen molar-refractivity contribution in [3.8, 4) is 0 Å². The Morgan fingerprint density at radius 2 is 2.08 bits per heavy atom. The second-order valence-corrected chi connectivity index (χ2v) is 6.22. The number of ether oxygens (including phenoxy) is 2. The van der Waals surface area contributed by atoms with Crippen LogP contribution in [0.1, 0.15) is 32.3 Å². The average Bonchev–Trinajstić information content (AvgIpc) is 2.54. The second-order valence-electron chi connectivity index (χ2n) is 6.22. The van der Waals surface area contributed by atoms with E-state index in [-0.39, 0.29) is 23.4 Å². The molecule has 2 unspecified atom stereocenters. The van der Waals surface area contributed by atoms with Crippen molar-refractivity contribution in [1.82, 2.24) is 0 Å². The Bertz CT molecular complexity index is 809. The van der Waals surface area contributed by atoms with Crippen molar-refractivity contribution in [2.75, 3.05) is 13.7 Å². The predicted molar refractivity (Wildman–Crippen MR) is 92.7 cm³/mol. The van der Waals surface area contributed by atoms with Gasteiger partial charge in [0.25, 0.3) is 6.04 Å². The molecule has 2 atom stereocenters. The normalized spacial score (nSPS) is 20.0. The SMILES string of the molecule is [C-]#[N+]C1C(C)=NC(COC)=C(C(=O)OC(C)C)C1c1ccc(F)cc1F. The fourth-order valence-electron chi connectivity index (χ4n) is 2.93. The zero-order valence-electron chi connectivity index (χ0n) is 15.0. The highest BCUT2D eigenvalue weighted by Crippen LogP contribution is 2.39. The zero-order chi connectivity index (χ0) is 19.4. The lowest BCUT2D eigenvalue weighted by Gasteiger charge is -2.27. The lowest BCUT2D eigenvalue weighted by atomic mass is 9.80. The van der Waals surface area contributed by atoms with Gasteiger partial charge in [-0.3, -0.25) is 4.99 Å². The number of methoxy groups -OCH3 is 1. The van der Waals surface area contributed by atoms with Gasteiger partial charge in [0.2, 0.25) is 0 Å². The Morgan fingerprint density at radius 1 is 1.38 bits per heavy atom. The van der Waals surface area contributed by atoms with Gasteiger partial charge < -0.3 is 14.3 Å². The number of hydrogen-bond acceptors (Lipinski definition) is 4. The van der Waals surface area contributed by atoms with Crippen LogP contribution in [0.25, 0.3) is 4.85 Å². The number of carbonyl (C=O) groups is 1. The molecule has 7 heteroatoms. The first-order chi connectivity index (χ1) is 12.3. The summed E-state index contributed by atoms with van der Waals surface area (Å²) in [5.41, 5.74) is 0.828. The fraction of sp³-hybridized carbons (Fsp3) is 0.421. The summed E-state index contributed by atoms with van der Waals surface area (Å²) >= 11 is 0. The molecule has 138 valence electrons. The molecule has 1 aromatic carbocycles. The van der Waals surface area contributed by atoms with Gasteiger partial charge in [-0.2, -0.15) is 0 Å². The van der Waals surface area contributed by atoms with Gasteiger partial charge >= 0.3 is 5.97 Å². The highest BCUT2D eigenvalue weighted by atomic mass is 19.1. The summed E-state index contributed by atoms with van der Waals surface area (Å²) in [6.45, 7) is 12.5. The molecule has 0 aliphatic carbocycles. The maximum Gasteiger partial charge on any atom is 0.337 e. The number of aliphatic imine (C=N–C) groups is 1. The molecule has 5 nitrogen and oxygen atoms in total. The third-order valence-corrected chi connectivity index (χ3v) is 3.96. The summed E-state index contributed by atoms with van der Waals surface area (Å²) in [6, 6.07) is 2.19. The van der Waals surface area contributed by atoms with E-state index in [1.807, 2.05) is 0 Å². The molecule has 26 heavy (non-hydrogen) atoms. The van der Waals surface area contributed by atoms with E-state index in [2.05, 4.69) is 9.84 Å². The Kier molecular flexibility index (Phi) is 6.22. The van der Waals surface area contributed by atoms with Crippen molar-refractivity contribution in [1.29, 1.82) is 0 Å². The van der Waals surface area contributed by atoms with Gasteiger partial charge in [0.15, 0.2) is 0 Å². The van der Waals surface area contributed by atoms with Crippen molar-refractivity contribution in [3.05, 3.63) is 58.1 Å². The van der Waals surface area contributed by atoms with E-state index in [0.717, 1.165) is 12.1 Å². The van der Waals surface area contributed by atoms with Crippen molar-refractivity contribution < 1.29 is 23.0 Å². The first-order valence-electron chi connectivity index (χ1n) is 8.09. The average molecular weight is 362 g/mol. The third-order valence-electron chi connectivity index (χ3n) is 3.96. The number of rotatable bonds is 5. The molecule has 1 heterocycles. The molecule has 0 aromatic heterocycles. The molecule has 0 fully saturated rings. The third kappa shape index (κ3) is 3.97. The van der Waals surface area contributed by atoms with Crippen LogP contribution in [-0.2, 0) is 14.3 Å². The number of halogens is 2. The molecular weight excluding hydrogens is 342 g/mol. The molecule has 0 amide bonds. The first kappa shape index (κ1) is 19.7. The molecule has 0 saturated heterocycles. The van der Waals surface area contributed by atoms with Crippen molar-refractivity contribution >= 4 is 11.7 Å². The standard InChI is InChI=1S/C19H20F2N2O3/c1-10(2)26-19(24)17-15(9-25-5)23-11(3)18(22-4)16(17)13-7-6-12(20)8-14(13)21/h6-8,10,16,18H,9H2,1-3,5H3. The summed E-state index contributed by atoms with van der Waals surface area (Å²) < 4.78 is 38.2. The lowest BCUT2D eigenvalue weighted by Crippen LogP contribution is -2.34. The molecular formula is C19H20F2N2O3. The van der Waals surface area contributed by atoms with Crippen LogP contribution in [0.3, 0.4) is 0 Å². The first-order valence-corrected chi connectivity index (χ1v) is 8.09. The van der Waals surface area contributed by atoms with Gasteiger partial charge in [0, 0.05) is 18.7 Å². The molecule has 1 aliphatic heterocycles. The van der Waals surface area contributed by atoms with Gasteiger partial charge in [-0.25, -0.2) is 20.1 Å². The summed E-state index contributed by atoms with van der Waals surface area (Å²) in [4.78, 5) is 20.6. The Hall–Kier alpha value is -2.59. The summed E-state index contributed by atoms with van der Waals surface area (Å²) in [5, 5.41) is 0. The molecule has 0 bridgehead atoms. The Morgan fingerprint density at radius 3 is 2.62 bits per heavy atom. The van der Waals surface area contributed by atoms with Crippen LogP contribution in [0, 0.1) is 18.2 Å². The van der Waals surface area contributed by atoms with Crippen LogP contribution < -0.4 is 0 Å². The lowest BCUT2D eigenvalue weighted by molar-refractivity contribution is -0.143. The number of benzene rings is 1. The molecule has 1 aliphatic rings. The highest BCUT2D eigenvalue weighted by Gasteiger charge is 2.44. The molecule has 0 N–H and O–H groups in total. The van der Waals surface area contributed by atoms with E-state index in [9.17, 15) is 13.6 Å². The molecule has 0 saturated carbocycles. The van der Waals surface area contributed by atoms with E-state index in [4.69, 9.17) is 16.0 Å². The van der Waals surface area contributed by atoms with E-state index < -0.39 is 35.7 Å². The zero-order valence-corrected chi connectivity index (χ0v) is 15.0. The van der Waals surface area contributed by atoms with E-state index in [0.29, 0.717) is 5.71 Å². The van der Waals surface area contributed by atoms with Crippen LogP contribution in [-0.4, -0.2) is 37.5 Å². The minimum Gasteiger partial charge on any atom is -0.460 e. The number of nitrogens with zero attached hydrogens (tertiary/aromatic N) is 2. The maximum absolute atomic E-state index is 14.5. The topological polar surface area (TPSA) is 52.2 Å². The van der Waals surface area contributed by atoms with Gasteiger partial charge in [0.05, 0.1) is 29.7 Å². The quantitative estimate of drug-likeness (QED) is 0.593. The van der Waals surface area contributed by atoms with Gasteiger partial charge in [-0.15, -0.1) is 0 Å². The largest absolute Gasteiger partial charge is 0.460 e. The molecule has 0 radical (unpaired) electrons. The van der Waals surface area contributed by atoms with Crippen molar-refractivity contribution in [2.45, 2.75) is 38.8 Å². The summed E-state index contributed by atoms with van der Waals surface area (Å²) in [5.74, 6) is -3.21. The smallest absolute Gasteiger partial charge is 0.337 e. The van der Waals surface area contributed by atoms with Crippen LogP contribution >= 0.6 is 0 Å². The predicted octanol–water partition coefficient (Wildman–Crippen LogP) is 3.66. The van der Waals surface area contributed by atoms with Crippen LogP contribution in [0.5, 0.6) is 0 Å². The fourth-order valence-corrected chi connectivity index (χ4v) is 2.93. The van der Waals surface area contributed by atoms with Gasteiger partial charge in [0.1, 0.15) is 17.6 Å². The molecule has 1 aromatic rings. The van der Waals surface area contributed by atoms with Crippen LogP contribution in [0.15, 0.2) is 34.5 Å². The van der Waals surface area contributed by atoms with Crippen molar-refractivity contribution in [2.24, 2.45) is 4.99 Å². The van der Waals surface area contributed by atoms with Gasteiger partial charge in [-0.1, -0.05) is 6.07 Å². The van der Waals surface area contributed by atoms with Crippen LogP contribution in [0.2, 0.25) is 0 Å². The second kappa shape index (κ2) is 8.19. The number of esters is 1.